The second-order valence-corrected chi connectivity index (χ2v) is 11.1. The largest absolute Gasteiger partial charge is 0.244 e. The normalized spacial score (nSPS) is 14.2. The molecule has 0 N–H and O–H groups in total. The van der Waals surface area contributed by atoms with Gasteiger partial charge in [0.05, 0.1) is 11.4 Å². The van der Waals surface area contributed by atoms with E-state index in [4.69, 9.17) is 0 Å². The molecule has 3 aromatic rings. The van der Waals surface area contributed by atoms with Crippen molar-refractivity contribution < 1.29 is 8.42 Å². The van der Waals surface area contributed by atoms with Gasteiger partial charge in [-0.05, 0) is 74.6 Å². The highest BCUT2D eigenvalue weighted by atomic mass is 32.2. The fraction of sp³-hybridized carbons (Fsp3) is 0.226. The second kappa shape index (κ2) is 10.9. The molecule has 0 saturated carbocycles. The first-order valence-corrected chi connectivity index (χ1v) is 13.3. The number of hydrogen-bond acceptors (Lipinski definition) is 2. The number of rotatable bonds is 6. The molecule has 1 aliphatic rings. The molecule has 178 valence electrons. The van der Waals surface area contributed by atoms with Crippen molar-refractivity contribution in [2.45, 2.75) is 38.5 Å². The summed E-state index contributed by atoms with van der Waals surface area (Å²) in [6.45, 7) is 6.70. The van der Waals surface area contributed by atoms with Gasteiger partial charge in [0.2, 0.25) is 10.0 Å². The van der Waals surface area contributed by atoms with Crippen LogP contribution in [0.5, 0.6) is 0 Å². The molecule has 3 nitrogen and oxygen atoms in total. The van der Waals surface area contributed by atoms with E-state index in [-0.39, 0.29) is 6.54 Å². The summed E-state index contributed by atoms with van der Waals surface area (Å²) < 4.78 is 29.1. The lowest BCUT2D eigenvalue weighted by atomic mass is 9.84. The quantitative estimate of drug-likeness (QED) is 0.293. The lowest BCUT2D eigenvalue weighted by Gasteiger charge is -2.28. The van der Waals surface area contributed by atoms with Crippen LogP contribution in [0.4, 0.5) is 0 Å². The lowest BCUT2D eigenvalue weighted by molar-refractivity contribution is 0.468. The summed E-state index contributed by atoms with van der Waals surface area (Å²) in [6.07, 6.45) is 1.60. The average Bonchev–Trinajstić information content (AvgIpc) is 2.87. The number of aryl methyl sites for hydroxylation is 1. The van der Waals surface area contributed by atoms with Gasteiger partial charge < -0.3 is 0 Å². The first kappa shape index (κ1) is 24.7. The molecule has 0 unspecified atom stereocenters. The minimum absolute atomic E-state index is 0.123. The zero-order valence-electron chi connectivity index (χ0n) is 20.6. The van der Waals surface area contributed by atoms with Crippen molar-refractivity contribution in [2.24, 2.45) is 0 Å². The van der Waals surface area contributed by atoms with Crippen molar-refractivity contribution in [2.75, 3.05) is 13.1 Å². The predicted molar refractivity (Wildman–Crippen MR) is 144 cm³/mol. The minimum Gasteiger partial charge on any atom is -0.207 e. The monoisotopic (exact) mass is 481 g/mol. The number of nitrogens with zero attached hydrogens (tertiary/aromatic N) is 1. The van der Waals surface area contributed by atoms with E-state index in [1.54, 1.807) is 12.1 Å². The van der Waals surface area contributed by atoms with E-state index in [0.717, 1.165) is 35.1 Å². The fourth-order valence-electron chi connectivity index (χ4n) is 4.26. The van der Waals surface area contributed by atoms with Gasteiger partial charge in [-0.1, -0.05) is 89.2 Å². The zero-order chi connectivity index (χ0) is 24.8. The molecule has 0 spiro atoms. The van der Waals surface area contributed by atoms with Crippen LogP contribution < -0.4 is 0 Å². The topological polar surface area (TPSA) is 37.4 Å². The Morgan fingerprint density at radius 3 is 2.03 bits per heavy atom. The Morgan fingerprint density at radius 2 is 1.37 bits per heavy atom. The summed E-state index contributed by atoms with van der Waals surface area (Å²) in [5.74, 6) is 6.24. The zero-order valence-corrected chi connectivity index (χ0v) is 21.4. The Bertz CT molecular complexity index is 1410. The van der Waals surface area contributed by atoms with Crippen LogP contribution in [0.15, 0.2) is 107 Å². The van der Waals surface area contributed by atoms with Crippen molar-refractivity contribution in [3.8, 4) is 11.8 Å². The molecule has 3 aromatic carbocycles. The predicted octanol–water partition coefficient (Wildman–Crippen LogP) is 6.62. The highest BCUT2D eigenvalue weighted by Crippen LogP contribution is 2.36. The molecule has 0 radical (unpaired) electrons. The van der Waals surface area contributed by atoms with E-state index in [0.29, 0.717) is 11.4 Å². The number of allylic oxidation sites excluding steroid dienone is 3. The molecule has 0 amide bonds. The molecule has 0 aliphatic heterocycles. The van der Waals surface area contributed by atoms with Gasteiger partial charge in [0.15, 0.2) is 0 Å². The van der Waals surface area contributed by atoms with Gasteiger partial charge in [-0.15, -0.1) is 0 Å². The van der Waals surface area contributed by atoms with Crippen molar-refractivity contribution in [1.82, 2.24) is 4.31 Å². The smallest absolute Gasteiger partial charge is 0.207 e. The van der Waals surface area contributed by atoms with Crippen molar-refractivity contribution in [3.63, 3.8) is 0 Å². The van der Waals surface area contributed by atoms with E-state index in [2.05, 4.69) is 37.8 Å². The molecular formula is C31H31NO2S. The number of sulfonamides is 1. The maximum Gasteiger partial charge on any atom is 0.244 e. The molecule has 4 rings (SSSR count). The van der Waals surface area contributed by atoms with E-state index >= 15 is 0 Å². The van der Waals surface area contributed by atoms with Crippen LogP contribution in [0.25, 0.3) is 5.57 Å². The van der Waals surface area contributed by atoms with Gasteiger partial charge in [0.25, 0.3) is 0 Å². The third kappa shape index (κ3) is 6.00. The summed E-state index contributed by atoms with van der Waals surface area (Å²) in [6, 6.07) is 27.0. The van der Waals surface area contributed by atoms with Crippen LogP contribution in [-0.4, -0.2) is 25.8 Å². The van der Waals surface area contributed by atoms with E-state index in [1.807, 2.05) is 67.6 Å². The molecule has 0 fully saturated rings. The Kier molecular flexibility index (Phi) is 7.70. The third-order valence-corrected chi connectivity index (χ3v) is 8.29. The van der Waals surface area contributed by atoms with Crippen LogP contribution in [0.1, 0.15) is 43.4 Å². The second-order valence-electron chi connectivity index (χ2n) is 9.12. The fourth-order valence-corrected chi connectivity index (χ4v) is 5.60. The third-order valence-electron chi connectivity index (χ3n) is 6.49. The standard InChI is InChI=1S/C31H31NO2S/c1-24-16-18-30(19-17-24)35(33,34)32(20-10-13-27-11-6-4-7-12-27)23-29-21-25(2)26(3)22-31(29)28-14-8-5-9-15-28/h4-9,11-12,14-19H,20-23H2,1-3H3. The molecular weight excluding hydrogens is 450 g/mol. The Hall–Kier alpha value is -3.39. The lowest BCUT2D eigenvalue weighted by Crippen LogP contribution is -2.34. The van der Waals surface area contributed by atoms with Crippen LogP contribution in [0.2, 0.25) is 0 Å². The van der Waals surface area contributed by atoms with Gasteiger partial charge in [-0.3, -0.25) is 0 Å². The van der Waals surface area contributed by atoms with E-state index in [1.165, 1.54) is 21.0 Å². The van der Waals surface area contributed by atoms with Crippen LogP contribution in [0.3, 0.4) is 0 Å². The molecule has 4 heteroatoms. The summed E-state index contributed by atoms with van der Waals surface area (Å²) >= 11 is 0. The summed E-state index contributed by atoms with van der Waals surface area (Å²) in [5, 5.41) is 0. The number of hydrogen-bond donors (Lipinski definition) is 0. The molecule has 35 heavy (non-hydrogen) atoms. The Labute approximate surface area is 209 Å². The molecule has 0 heterocycles. The molecule has 1 aliphatic carbocycles. The van der Waals surface area contributed by atoms with Crippen LogP contribution >= 0.6 is 0 Å². The Morgan fingerprint density at radius 1 is 0.771 bits per heavy atom. The van der Waals surface area contributed by atoms with Crippen molar-refractivity contribution >= 4 is 15.6 Å². The Balaban J connectivity index is 1.73. The van der Waals surface area contributed by atoms with E-state index in [9.17, 15) is 8.42 Å². The van der Waals surface area contributed by atoms with Crippen molar-refractivity contribution in [1.29, 1.82) is 0 Å². The average molecular weight is 482 g/mol. The van der Waals surface area contributed by atoms with Gasteiger partial charge >= 0.3 is 0 Å². The molecule has 0 aromatic heterocycles. The highest BCUT2D eigenvalue weighted by molar-refractivity contribution is 7.89. The van der Waals surface area contributed by atoms with Crippen LogP contribution in [-0.2, 0) is 10.0 Å². The van der Waals surface area contributed by atoms with Crippen LogP contribution in [0, 0.1) is 18.8 Å². The van der Waals surface area contributed by atoms with Gasteiger partial charge in [-0.2, -0.15) is 4.31 Å². The van der Waals surface area contributed by atoms with E-state index < -0.39 is 10.0 Å². The van der Waals surface area contributed by atoms with Gasteiger partial charge in [-0.25, -0.2) is 8.42 Å². The maximum absolute atomic E-state index is 13.8. The minimum atomic E-state index is -3.73. The van der Waals surface area contributed by atoms with Crippen molar-refractivity contribution in [3.05, 3.63) is 118 Å². The summed E-state index contributed by atoms with van der Waals surface area (Å²) in [7, 11) is -3.73. The summed E-state index contributed by atoms with van der Waals surface area (Å²) in [5.41, 5.74) is 8.06. The molecule has 0 atom stereocenters. The first-order valence-electron chi connectivity index (χ1n) is 11.9. The van der Waals surface area contributed by atoms with Gasteiger partial charge in [0, 0.05) is 12.1 Å². The van der Waals surface area contributed by atoms with Gasteiger partial charge in [0.1, 0.15) is 0 Å². The first-order chi connectivity index (χ1) is 16.8. The molecule has 0 saturated heterocycles. The highest BCUT2D eigenvalue weighted by Gasteiger charge is 2.27. The SMILES string of the molecule is CC1=C(C)CC(c2ccccc2)=C(CN(CC#Cc2ccccc2)S(=O)(=O)c2ccc(C)cc2)C1. The summed E-state index contributed by atoms with van der Waals surface area (Å²) in [4.78, 5) is 0.297. The number of benzene rings is 3. The maximum atomic E-state index is 13.8. The molecule has 0 bridgehead atoms.